The van der Waals surface area contributed by atoms with E-state index in [2.05, 4.69) is 0 Å². The molecule has 3 unspecified atom stereocenters. The van der Waals surface area contributed by atoms with E-state index < -0.39 is 42.7 Å². The molecule has 0 bridgehead atoms. The van der Waals surface area contributed by atoms with Crippen LogP contribution in [-0.2, 0) is 20.8 Å². The summed E-state index contributed by atoms with van der Waals surface area (Å²) < 4.78 is 32.9. The van der Waals surface area contributed by atoms with Crippen molar-refractivity contribution >= 4 is 29.4 Å². The van der Waals surface area contributed by atoms with Gasteiger partial charge in [0.1, 0.15) is 24.2 Å². The van der Waals surface area contributed by atoms with Crippen molar-refractivity contribution < 1.29 is 33.0 Å². The number of aliphatic carboxylic acids is 1. The summed E-state index contributed by atoms with van der Waals surface area (Å²) in [4.78, 5) is 41.7. The molecule has 10 nitrogen and oxygen atoms in total. The number of rotatable bonds is 8. The number of carbonyl (C=O) groups excluding carboxylic acids is 2. The van der Waals surface area contributed by atoms with Crippen molar-refractivity contribution in [3.63, 3.8) is 0 Å². The Morgan fingerprint density at radius 3 is 2.53 bits per heavy atom. The van der Waals surface area contributed by atoms with Gasteiger partial charge in [0.05, 0.1) is 17.5 Å². The standard InChI is InChI=1S/C25H32ClF2N5O5/c1-31(30)21(22(27)28)17(29)12-38-18-8-7-16(26)15-9-11-33(23(20(15)18)32-10-3-6-19(32)34)24(35)13-4-2-5-14(13)25(36)37/h7-8,13-14,22-23H,2-6,9-12,29-30H2,1H3,(H,36,37)/b21-17-. The van der Waals surface area contributed by atoms with Gasteiger partial charge in [0.2, 0.25) is 11.8 Å². The number of carboxylic acids is 1. The number of amides is 2. The van der Waals surface area contributed by atoms with Gasteiger partial charge in [-0.05, 0) is 43.4 Å². The highest BCUT2D eigenvalue weighted by molar-refractivity contribution is 6.31. The highest BCUT2D eigenvalue weighted by Gasteiger charge is 2.46. The first kappa shape index (κ1) is 27.9. The van der Waals surface area contributed by atoms with Crippen molar-refractivity contribution in [2.75, 3.05) is 26.7 Å². The lowest BCUT2D eigenvalue weighted by molar-refractivity contribution is -0.154. The van der Waals surface area contributed by atoms with E-state index in [0.717, 1.165) is 5.01 Å². The zero-order valence-electron chi connectivity index (χ0n) is 21.0. The Kier molecular flexibility index (Phi) is 8.31. The SMILES string of the molecule is CN(N)/C(=C(\N)COc1ccc(Cl)c2c1C(N1CCCC1=O)N(C(=O)C1CCCC1C(=O)O)CC2)C(F)F. The second-order valence-corrected chi connectivity index (χ2v) is 10.3. The lowest BCUT2D eigenvalue weighted by atomic mass is 9.90. The quantitative estimate of drug-likeness (QED) is 0.328. The van der Waals surface area contributed by atoms with E-state index >= 15 is 0 Å². The molecule has 1 aromatic carbocycles. The van der Waals surface area contributed by atoms with Crippen molar-refractivity contribution in [3.05, 3.63) is 39.7 Å². The van der Waals surface area contributed by atoms with Gasteiger partial charge < -0.3 is 30.4 Å². The van der Waals surface area contributed by atoms with Crippen molar-refractivity contribution in [2.24, 2.45) is 23.4 Å². The van der Waals surface area contributed by atoms with E-state index in [1.807, 2.05) is 0 Å². The second-order valence-electron chi connectivity index (χ2n) is 9.88. The average Bonchev–Trinajstić information content (AvgIpc) is 3.51. The Morgan fingerprint density at radius 1 is 1.21 bits per heavy atom. The molecular weight excluding hydrogens is 524 g/mol. The van der Waals surface area contributed by atoms with Crippen LogP contribution in [0.4, 0.5) is 8.78 Å². The number of halogens is 3. The van der Waals surface area contributed by atoms with Crippen molar-refractivity contribution in [1.82, 2.24) is 14.8 Å². The molecule has 38 heavy (non-hydrogen) atoms. The number of allylic oxidation sites excluding steroid dienone is 1. The van der Waals surface area contributed by atoms with Crippen molar-refractivity contribution in [2.45, 2.75) is 51.1 Å². The Bertz CT molecular complexity index is 1140. The fourth-order valence-electron chi connectivity index (χ4n) is 5.79. The summed E-state index contributed by atoms with van der Waals surface area (Å²) in [6, 6.07) is 3.16. The fourth-order valence-corrected chi connectivity index (χ4v) is 6.05. The van der Waals surface area contributed by atoms with E-state index in [0.29, 0.717) is 61.2 Å². The minimum Gasteiger partial charge on any atom is -0.487 e. The highest BCUT2D eigenvalue weighted by atomic mass is 35.5. The number of nitrogens with two attached hydrogens (primary N) is 2. The molecule has 3 atom stereocenters. The first-order chi connectivity index (χ1) is 18.0. The van der Waals surface area contributed by atoms with E-state index in [1.54, 1.807) is 21.9 Å². The van der Waals surface area contributed by atoms with Crippen LogP contribution in [-0.4, -0.2) is 70.9 Å². The van der Waals surface area contributed by atoms with Crippen LogP contribution in [0.2, 0.25) is 5.02 Å². The van der Waals surface area contributed by atoms with Gasteiger partial charge in [0.25, 0.3) is 6.43 Å². The lowest BCUT2D eigenvalue weighted by Gasteiger charge is -2.44. The topological polar surface area (TPSA) is 142 Å². The number of hydrogen-bond donors (Lipinski definition) is 3. The Hall–Kier alpha value is -3.12. The summed E-state index contributed by atoms with van der Waals surface area (Å²) >= 11 is 6.54. The summed E-state index contributed by atoms with van der Waals surface area (Å²) in [6.07, 6.45) is -1.06. The summed E-state index contributed by atoms with van der Waals surface area (Å²) in [6.45, 7) is 0.205. The van der Waals surface area contributed by atoms with Gasteiger partial charge in [-0.3, -0.25) is 14.4 Å². The van der Waals surface area contributed by atoms with Crippen LogP contribution in [0.1, 0.15) is 49.4 Å². The molecule has 1 aliphatic carbocycles. The van der Waals surface area contributed by atoms with Crippen LogP contribution < -0.4 is 16.3 Å². The number of benzene rings is 1. The summed E-state index contributed by atoms with van der Waals surface area (Å²) in [5.41, 5.74) is 6.18. The maximum absolute atomic E-state index is 13.8. The summed E-state index contributed by atoms with van der Waals surface area (Å²) in [7, 11) is 1.24. The van der Waals surface area contributed by atoms with E-state index in [1.165, 1.54) is 7.05 Å². The third kappa shape index (κ3) is 5.24. The molecule has 5 N–H and O–H groups in total. The van der Waals surface area contributed by atoms with Crippen molar-refractivity contribution in [3.8, 4) is 5.75 Å². The first-order valence-electron chi connectivity index (χ1n) is 12.5. The van der Waals surface area contributed by atoms with Gasteiger partial charge >= 0.3 is 5.97 Å². The molecule has 3 aliphatic rings. The number of alkyl halides is 2. The molecule has 2 amide bonds. The number of nitrogens with zero attached hydrogens (tertiary/aromatic N) is 3. The van der Waals surface area contributed by atoms with Gasteiger partial charge in [0.15, 0.2) is 0 Å². The Balaban J connectivity index is 1.75. The highest BCUT2D eigenvalue weighted by Crippen LogP contribution is 2.45. The predicted molar refractivity (Wildman–Crippen MR) is 134 cm³/mol. The monoisotopic (exact) mass is 555 g/mol. The van der Waals surface area contributed by atoms with Crippen LogP contribution in [0.5, 0.6) is 5.75 Å². The molecule has 2 heterocycles. The number of carbonyl (C=O) groups is 3. The van der Waals surface area contributed by atoms with Gasteiger partial charge in [-0.2, -0.15) is 0 Å². The summed E-state index contributed by atoms with van der Waals surface area (Å²) in [5, 5.41) is 10.8. The smallest absolute Gasteiger partial charge is 0.307 e. The Morgan fingerprint density at radius 2 is 1.92 bits per heavy atom. The number of hydrogen-bond acceptors (Lipinski definition) is 7. The summed E-state index contributed by atoms with van der Waals surface area (Å²) in [5.74, 6) is 2.76. The predicted octanol–water partition coefficient (Wildman–Crippen LogP) is 2.47. The van der Waals surface area contributed by atoms with Crippen LogP contribution in [0.25, 0.3) is 0 Å². The number of carboxylic acid groups (broad SMARTS) is 1. The van der Waals surface area contributed by atoms with Crippen LogP contribution in [0.15, 0.2) is 23.5 Å². The van der Waals surface area contributed by atoms with Crippen LogP contribution in [0.3, 0.4) is 0 Å². The van der Waals surface area contributed by atoms with Gasteiger partial charge in [-0.15, -0.1) is 0 Å². The van der Waals surface area contributed by atoms with E-state index in [9.17, 15) is 28.3 Å². The first-order valence-corrected chi connectivity index (χ1v) is 12.9. The number of likely N-dealkylation sites (tertiary alicyclic amines) is 1. The molecular formula is C25H32ClF2N5O5. The lowest BCUT2D eigenvalue weighted by Crippen LogP contribution is -2.51. The maximum Gasteiger partial charge on any atom is 0.307 e. The maximum atomic E-state index is 13.8. The molecule has 4 rings (SSSR count). The third-order valence-corrected chi connectivity index (χ3v) is 7.91. The average molecular weight is 556 g/mol. The minimum absolute atomic E-state index is 0.156. The molecule has 208 valence electrons. The zero-order valence-corrected chi connectivity index (χ0v) is 21.8. The molecule has 0 radical (unpaired) electrons. The molecule has 2 aliphatic heterocycles. The number of ether oxygens (including phenoxy) is 1. The van der Waals surface area contributed by atoms with Gasteiger partial charge in [-0.1, -0.05) is 18.0 Å². The van der Waals surface area contributed by atoms with Crippen LogP contribution in [0, 0.1) is 11.8 Å². The molecule has 0 spiro atoms. The molecule has 0 aromatic heterocycles. The van der Waals surface area contributed by atoms with Crippen LogP contribution >= 0.6 is 11.6 Å². The molecule has 1 aromatic rings. The second kappa shape index (κ2) is 11.3. The number of fused-ring (bicyclic) bond motifs is 1. The molecule has 1 saturated heterocycles. The molecule has 2 fully saturated rings. The normalized spacial score (nSPS) is 23.9. The largest absolute Gasteiger partial charge is 0.487 e. The zero-order chi connectivity index (χ0) is 27.7. The van der Waals surface area contributed by atoms with Crippen molar-refractivity contribution in [1.29, 1.82) is 0 Å². The fraction of sp³-hybridized carbons (Fsp3) is 0.560. The number of hydrazine groups is 1. The molecule has 13 heteroatoms. The van der Waals surface area contributed by atoms with Gasteiger partial charge in [-0.25, -0.2) is 14.6 Å². The third-order valence-electron chi connectivity index (χ3n) is 7.55. The minimum atomic E-state index is -2.93. The van der Waals surface area contributed by atoms with E-state index in [-0.39, 0.29) is 29.8 Å². The van der Waals surface area contributed by atoms with E-state index in [4.69, 9.17) is 27.9 Å². The Labute approximate surface area is 224 Å². The molecule has 1 saturated carbocycles. The van der Waals surface area contributed by atoms with Gasteiger partial charge in [0, 0.05) is 37.1 Å².